The van der Waals surface area contributed by atoms with Gasteiger partial charge in [-0.3, -0.25) is 4.68 Å². The molecule has 1 atom stereocenters. The molecule has 2 aromatic rings. The van der Waals surface area contributed by atoms with Crippen molar-refractivity contribution in [2.24, 2.45) is 0 Å². The minimum atomic E-state index is -4.35. The molecule has 0 aromatic carbocycles. The molecule has 0 saturated carbocycles. The lowest BCUT2D eigenvalue weighted by molar-refractivity contribution is -0.143. The van der Waals surface area contributed by atoms with E-state index in [-0.39, 0.29) is 11.7 Å². The van der Waals surface area contributed by atoms with Gasteiger partial charge in [0.05, 0.1) is 13.2 Å². The van der Waals surface area contributed by atoms with Gasteiger partial charge in [-0.05, 0) is 0 Å². The highest BCUT2D eigenvalue weighted by molar-refractivity contribution is 5.00. The van der Waals surface area contributed by atoms with Gasteiger partial charge < -0.3 is 4.74 Å². The van der Waals surface area contributed by atoms with Gasteiger partial charge in [-0.25, -0.2) is 14.6 Å². The quantitative estimate of drug-likeness (QED) is 0.772. The summed E-state index contributed by atoms with van der Waals surface area (Å²) in [5.74, 6) is 0.332. The molecular formula is C12H17F3N6O. The highest BCUT2D eigenvalue weighted by Crippen LogP contribution is 2.22. The standard InChI is InChI=1S/C12H17F3N6O/c1-9(5-20-8-16-7-17-20)11-18-10(3-4-22-2)19-21(11)6-12(13,14)15/h7-9H,3-6H2,1-2H3/t9-/m1/s1. The first kappa shape index (κ1) is 16.4. The predicted molar refractivity (Wildman–Crippen MR) is 70.1 cm³/mol. The smallest absolute Gasteiger partial charge is 0.384 e. The first-order valence-corrected chi connectivity index (χ1v) is 6.70. The molecule has 0 fully saturated rings. The fraction of sp³-hybridized carbons (Fsp3) is 0.667. The second-order valence-electron chi connectivity index (χ2n) is 4.92. The van der Waals surface area contributed by atoms with Gasteiger partial charge in [0.15, 0.2) is 5.82 Å². The Balaban J connectivity index is 2.20. The van der Waals surface area contributed by atoms with Crippen LogP contribution in [0.15, 0.2) is 12.7 Å². The Kier molecular flexibility index (Phi) is 5.11. The van der Waals surface area contributed by atoms with Crippen LogP contribution in [0.4, 0.5) is 13.2 Å². The molecule has 2 aromatic heterocycles. The molecule has 0 saturated heterocycles. The van der Waals surface area contributed by atoms with Crippen LogP contribution < -0.4 is 0 Å². The van der Waals surface area contributed by atoms with Crippen molar-refractivity contribution in [3.63, 3.8) is 0 Å². The first-order valence-electron chi connectivity index (χ1n) is 6.70. The summed E-state index contributed by atoms with van der Waals surface area (Å²) >= 11 is 0. The molecule has 0 unspecified atom stereocenters. The van der Waals surface area contributed by atoms with Gasteiger partial charge in [0.1, 0.15) is 25.0 Å². The van der Waals surface area contributed by atoms with E-state index in [1.165, 1.54) is 19.8 Å². The van der Waals surface area contributed by atoms with E-state index < -0.39 is 12.7 Å². The number of halogens is 3. The van der Waals surface area contributed by atoms with Gasteiger partial charge in [-0.2, -0.15) is 23.4 Å². The van der Waals surface area contributed by atoms with Crippen LogP contribution in [0.1, 0.15) is 24.5 Å². The maximum absolute atomic E-state index is 12.7. The van der Waals surface area contributed by atoms with Gasteiger partial charge in [0.2, 0.25) is 0 Å². The topological polar surface area (TPSA) is 70.7 Å². The summed E-state index contributed by atoms with van der Waals surface area (Å²) in [5.41, 5.74) is 0. The molecule has 2 heterocycles. The van der Waals surface area contributed by atoms with Crippen molar-refractivity contribution >= 4 is 0 Å². The van der Waals surface area contributed by atoms with Crippen molar-refractivity contribution in [3.05, 3.63) is 24.3 Å². The SMILES string of the molecule is COCCc1nc([C@H](C)Cn2cncn2)n(CC(F)(F)F)n1. The van der Waals surface area contributed by atoms with Crippen LogP contribution >= 0.6 is 0 Å². The van der Waals surface area contributed by atoms with E-state index in [2.05, 4.69) is 20.2 Å². The summed E-state index contributed by atoms with van der Waals surface area (Å²) in [4.78, 5) is 8.03. The zero-order chi connectivity index (χ0) is 16.2. The van der Waals surface area contributed by atoms with Gasteiger partial charge >= 0.3 is 6.18 Å². The summed E-state index contributed by atoms with van der Waals surface area (Å²) in [7, 11) is 1.51. The van der Waals surface area contributed by atoms with Crippen molar-refractivity contribution in [1.29, 1.82) is 0 Å². The number of alkyl halides is 3. The molecular weight excluding hydrogens is 301 g/mol. The van der Waals surface area contributed by atoms with E-state index in [1.54, 1.807) is 11.6 Å². The first-order chi connectivity index (χ1) is 10.4. The van der Waals surface area contributed by atoms with Crippen LogP contribution in [0.25, 0.3) is 0 Å². The summed E-state index contributed by atoms with van der Waals surface area (Å²) in [6.07, 6.45) is -1.11. The van der Waals surface area contributed by atoms with Crippen molar-refractivity contribution in [1.82, 2.24) is 29.5 Å². The number of nitrogens with zero attached hydrogens (tertiary/aromatic N) is 6. The van der Waals surface area contributed by atoms with Gasteiger partial charge in [-0.15, -0.1) is 0 Å². The predicted octanol–water partition coefficient (Wildman–Crippen LogP) is 1.42. The van der Waals surface area contributed by atoms with Crippen LogP contribution in [-0.2, 0) is 24.2 Å². The number of aromatic nitrogens is 6. The average Bonchev–Trinajstić information content (AvgIpc) is 3.04. The molecule has 0 aliphatic carbocycles. The summed E-state index contributed by atoms with van der Waals surface area (Å²) in [5, 5.41) is 7.89. The molecule has 0 spiro atoms. The monoisotopic (exact) mass is 318 g/mol. The van der Waals surface area contributed by atoms with E-state index in [4.69, 9.17) is 4.74 Å². The molecule has 22 heavy (non-hydrogen) atoms. The average molecular weight is 318 g/mol. The van der Waals surface area contributed by atoms with E-state index in [1.807, 2.05) is 0 Å². The lowest BCUT2D eigenvalue weighted by atomic mass is 10.1. The highest BCUT2D eigenvalue weighted by Gasteiger charge is 2.31. The Labute approximate surface area is 125 Å². The van der Waals surface area contributed by atoms with Crippen LogP contribution in [0.5, 0.6) is 0 Å². The van der Waals surface area contributed by atoms with Crippen molar-refractivity contribution in [2.45, 2.75) is 38.5 Å². The number of methoxy groups -OCH3 is 1. The molecule has 0 radical (unpaired) electrons. The molecule has 0 bridgehead atoms. The fourth-order valence-corrected chi connectivity index (χ4v) is 2.04. The highest BCUT2D eigenvalue weighted by atomic mass is 19.4. The zero-order valence-corrected chi connectivity index (χ0v) is 12.3. The van der Waals surface area contributed by atoms with Crippen molar-refractivity contribution < 1.29 is 17.9 Å². The minimum absolute atomic E-state index is 0.277. The van der Waals surface area contributed by atoms with E-state index in [0.717, 1.165) is 4.68 Å². The number of rotatable bonds is 7. The lowest BCUT2D eigenvalue weighted by Crippen LogP contribution is -2.22. The Morgan fingerprint density at radius 2 is 2.14 bits per heavy atom. The Morgan fingerprint density at radius 3 is 2.73 bits per heavy atom. The zero-order valence-electron chi connectivity index (χ0n) is 12.3. The van der Waals surface area contributed by atoms with Gasteiger partial charge in [-0.1, -0.05) is 6.92 Å². The third kappa shape index (κ3) is 4.52. The molecule has 7 nitrogen and oxygen atoms in total. The molecule has 2 rings (SSSR count). The third-order valence-corrected chi connectivity index (χ3v) is 2.97. The number of hydrogen-bond donors (Lipinski definition) is 0. The molecule has 0 aliphatic heterocycles. The number of ether oxygens (including phenoxy) is 1. The second kappa shape index (κ2) is 6.86. The summed E-state index contributed by atoms with van der Waals surface area (Å²) in [6.45, 7) is 1.34. The Morgan fingerprint density at radius 1 is 1.36 bits per heavy atom. The summed E-state index contributed by atoms with van der Waals surface area (Å²) in [6, 6.07) is 0. The molecule has 122 valence electrons. The van der Waals surface area contributed by atoms with Crippen LogP contribution in [-0.4, -0.2) is 49.4 Å². The Bertz CT molecular complexity index is 580. The summed E-state index contributed by atoms with van der Waals surface area (Å²) < 4.78 is 45.4. The van der Waals surface area contributed by atoms with Crippen LogP contribution in [0.3, 0.4) is 0 Å². The van der Waals surface area contributed by atoms with E-state index >= 15 is 0 Å². The minimum Gasteiger partial charge on any atom is -0.384 e. The Hall–Kier alpha value is -1.97. The normalized spacial score (nSPS) is 13.5. The molecule has 10 heteroatoms. The fourth-order valence-electron chi connectivity index (χ4n) is 2.04. The van der Waals surface area contributed by atoms with E-state index in [0.29, 0.717) is 25.4 Å². The second-order valence-corrected chi connectivity index (χ2v) is 4.92. The lowest BCUT2D eigenvalue weighted by Gasteiger charge is -2.13. The maximum Gasteiger partial charge on any atom is 0.408 e. The van der Waals surface area contributed by atoms with Gasteiger partial charge in [0.25, 0.3) is 0 Å². The molecule has 0 N–H and O–H groups in total. The maximum atomic E-state index is 12.7. The van der Waals surface area contributed by atoms with Crippen molar-refractivity contribution in [2.75, 3.05) is 13.7 Å². The third-order valence-electron chi connectivity index (χ3n) is 2.97. The number of hydrogen-bond acceptors (Lipinski definition) is 5. The largest absolute Gasteiger partial charge is 0.408 e. The van der Waals surface area contributed by atoms with Crippen molar-refractivity contribution in [3.8, 4) is 0 Å². The van der Waals surface area contributed by atoms with E-state index in [9.17, 15) is 13.2 Å². The van der Waals surface area contributed by atoms with Crippen LogP contribution in [0, 0.1) is 0 Å². The molecule has 0 amide bonds. The van der Waals surface area contributed by atoms with Gasteiger partial charge in [0, 0.05) is 19.4 Å². The molecule has 0 aliphatic rings. The van der Waals surface area contributed by atoms with Crippen LogP contribution in [0.2, 0.25) is 0 Å².